The van der Waals surface area contributed by atoms with Gasteiger partial charge in [0.2, 0.25) is 11.8 Å². The van der Waals surface area contributed by atoms with Gasteiger partial charge in [-0.1, -0.05) is 25.7 Å². The fourth-order valence-corrected chi connectivity index (χ4v) is 3.98. The number of nitrogens with zero attached hydrogens (tertiary/aromatic N) is 1. The van der Waals surface area contributed by atoms with E-state index in [1.807, 2.05) is 0 Å². The molecule has 2 amide bonds. The molecule has 1 fully saturated rings. The van der Waals surface area contributed by atoms with E-state index in [-0.39, 0.29) is 24.1 Å². The van der Waals surface area contributed by atoms with Gasteiger partial charge in [-0.15, -0.1) is 11.3 Å². The van der Waals surface area contributed by atoms with Crippen LogP contribution in [0.1, 0.15) is 44.2 Å². The van der Waals surface area contributed by atoms with Crippen LogP contribution < -0.4 is 10.9 Å². The van der Waals surface area contributed by atoms with Crippen molar-refractivity contribution in [2.24, 2.45) is 5.92 Å². The minimum Gasteiger partial charge on any atom is -0.273 e. The lowest BCUT2D eigenvalue weighted by Gasteiger charge is -2.09. The van der Waals surface area contributed by atoms with E-state index in [0.717, 1.165) is 17.0 Å². The molecule has 1 aliphatic carbocycles. The SMILES string of the molecule is O=C(CCC1CCCC1)NNC(=O)Cc1csc(-c2ccc(F)cc2)n1. The number of benzene rings is 1. The maximum absolute atomic E-state index is 13.0. The highest BCUT2D eigenvalue weighted by atomic mass is 32.1. The van der Waals surface area contributed by atoms with Crippen molar-refractivity contribution >= 4 is 23.2 Å². The Balaban J connectivity index is 1.41. The van der Waals surface area contributed by atoms with Gasteiger partial charge < -0.3 is 0 Å². The minimum atomic E-state index is -0.310. The Morgan fingerprint density at radius 2 is 1.81 bits per heavy atom. The smallest absolute Gasteiger partial charge is 0.244 e. The second-order valence-electron chi connectivity index (χ2n) is 6.61. The summed E-state index contributed by atoms with van der Waals surface area (Å²) in [6.45, 7) is 0. The third-order valence-corrected chi connectivity index (χ3v) is 5.52. The molecule has 7 heteroatoms. The van der Waals surface area contributed by atoms with Crippen LogP contribution in [0.3, 0.4) is 0 Å². The third kappa shape index (κ3) is 5.36. The molecule has 3 rings (SSSR count). The predicted molar refractivity (Wildman–Crippen MR) is 98.7 cm³/mol. The van der Waals surface area contributed by atoms with Gasteiger partial charge in [0.1, 0.15) is 10.8 Å². The van der Waals surface area contributed by atoms with E-state index in [4.69, 9.17) is 0 Å². The molecule has 138 valence electrons. The molecule has 1 aromatic heterocycles. The number of aromatic nitrogens is 1. The van der Waals surface area contributed by atoms with Gasteiger partial charge in [0.05, 0.1) is 12.1 Å². The summed E-state index contributed by atoms with van der Waals surface area (Å²) in [5, 5.41) is 2.52. The Bertz CT molecular complexity index is 754. The first-order chi connectivity index (χ1) is 12.6. The maximum atomic E-state index is 13.0. The summed E-state index contributed by atoms with van der Waals surface area (Å²) in [5.41, 5.74) is 6.33. The van der Waals surface area contributed by atoms with Crippen molar-refractivity contribution in [2.75, 3.05) is 0 Å². The van der Waals surface area contributed by atoms with Gasteiger partial charge >= 0.3 is 0 Å². The van der Waals surface area contributed by atoms with Crippen molar-refractivity contribution < 1.29 is 14.0 Å². The lowest BCUT2D eigenvalue weighted by molar-refractivity contribution is -0.128. The second kappa shape index (κ2) is 8.89. The van der Waals surface area contributed by atoms with Crippen LogP contribution in [0, 0.1) is 11.7 Å². The Hall–Kier alpha value is -2.28. The van der Waals surface area contributed by atoms with E-state index >= 15 is 0 Å². The number of carbonyl (C=O) groups excluding carboxylic acids is 2. The van der Waals surface area contributed by atoms with Crippen LogP contribution in [0.2, 0.25) is 0 Å². The van der Waals surface area contributed by atoms with Crippen LogP contribution in [-0.2, 0) is 16.0 Å². The second-order valence-corrected chi connectivity index (χ2v) is 7.47. The summed E-state index contributed by atoms with van der Waals surface area (Å²) < 4.78 is 13.0. The van der Waals surface area contributed by atoms with Gasteiger partial charge in [-0.05, 0) is 36.6 Å². The van der Waals surface area contributed by atoms with Gasteiger partial charge in [-0.3, -0.25) is 20.4 Å². The topological polar surface area (TPSA) is 71.1 Å². The summed E-state index contributed by atoms with van der Waals surface area (Å²) in [6, 6.07) is 6.07. The number of amides is 2. The Labute approximate surface area is 156 Å². The maximum Gasteiger partial charge on any atom is 0.244 e. The van der Waals surface area contributed by atoms with Crippen molar-refractivity contribution in [1.82, 2.24) is 15.8 Å². The third-order valence-electron chi connectivity index (χ3n) is 4.58. The minimum absolute atomic E-state index is 0.0839. The van der Waals surface area contributed by atoms with Crippen LogP contribution >= 0.6 is 11.3 Å². The molecule has 26 heavy (non-hydrogen) atoms. The molecular weight excluding hydrogens is 353 g/mol. The van der Waals surface area contributed by atoms with Gasteiger partial charge in [0.25, 0.3) is 0 Å². The molecule has 2 aromatic rings. The highest BCUT2D eigenvalue weighted by Crippen LogP contribution is 2.28. The van der Waals surface area contributed by atoms with Crippen LogP contribution in [0.4, 0.5) is 4.39 Å². The quantitative estimate of drug-likeness (QED) is 0.758. The van der Waals surface area contributed by atoms with E-state index in [9.17, 15) is 14.0 Å². The number of carbonyl (C=O) groups is 2. The summed E-state index contributed by atoms with van der Waals surface area (Å²) in [4.78, 5) is 28.1. The number of thiazole rings is 1. The van der Waals surface area contributed by atoms with Crippen LogP contribution in [0.5, 0.6) is 0 Å². The van der Waals surface area contributed by atoms with E-state index in [0.29, 0.717) is 18.0 Å². The monoisotopic (exact) mass is 375 g/mol. The van der Waals surface area contributed by atoms with Crippen molar-refractivity contribution in [2.45, 2.75) is 44.9 Å². The molecule has 0 aliphatic heterocycles. The average molecular weight is 375 g/mol. The molecule has 2 N–H and O–H groups in total. The van der Waals surface area contributed by atoms with Crippen LogP contribution in [0.25, 0.3) is 10.6 Å². The number of hydrogen-bond donors (Lipinski definition) is 2. The van der Waals surface area contributed by atoms with Crippen molar-refractivity contribution in [3.05, 3.63) is 41.2 Å². The number of nitrogens with one attached hydrogen (secondary N) is 2. The zero-order valence-electron chi connectivity index (χ0n) is 14.5. The van der Waals surface area contributed by atoms with Gasteiger partial charge in [-0.25, -0.2) is 9.37 Å². The number of rotatable bonds is 6. The highest BCUT2D eigenvalue weighted by Gasteiger charge is 2.16. The summed E-state index contributed by atoms with van der Waals surface area (Å²) in [7, 11) is 0. The van der Waals surface area contributed by atoms with Crippen molar-refractivity contribution in [3.8, 4) is 10.6 Å². The van der Waals surface area contributed by atoms with Gasteiger partial charge in [-0.2, -0.15) is 0 Å². The fourth-order valence-electron chi connectivity index (χ4n) is 3.16. The molecule has 0 atom stereocenters. The Morgan fingerprint density at radius 3 is 2.54 bits per heavy atom. The lowest BCUT2D eigenvalue weighted by Crippen LogP contribution is -2.42. The summed E-state index contributed by atoms with van der Waals surface area (Å²) in [6.07, 6.45) is 6.35. The largest absolute Gasteiger partial charge is 0.273 e. The average Bonchev–Trinajstić information content (AvgIpc) is 3.31. The normalized spacial score (nSPS) is 14.3. The first-order valence-electron chi connectivity index (χ1n) is 8.88. The standard InChI is InChI=1S/C19H22FN3O2S/c20-15-8-6-14(7-9-15)19-21-16(12-26-19)11-18(25)23-22-17(24)10-5-13-3-1-2-4-13/h6-9,12-13H,1-5,10-11H2,(H,22,24)(H,23,25). The zero-order valence-corrected chi connectivity index (χ0v) is 15.3. The first kappa shape index (κ1) is 18.5. The molecule has 0 radical (unpaired) electrons. The molecular formula is C19H22FN3O2S. The first-order valence-corrected chi connectivity index (χ1v) is 9.76. The molecule has 5 nitrogen and oxygen atoms in total. The molecule has 1 saturated carbocycles. The van der Waals surface area contributed by atoms with Crippen molar-refractivity contribution in [1.29, 1.82) is 0 Å². The van der Waals surface area contributed by atoms with Crippen molar-refractivity contribution in [3.63, 3.8) is 0 Å². The number of hydrogen-bond acceptors (Lipinski definition) is 4. The Kier molecular flexibility index (Phi) is 6.33. The van der Waals surface area contributed by atoms with E-state index in [1.54, 1.807) is 17.5 Å². The number of halogens is 1. The van der Waals surface area contributed by atoms with E-state index in [1.165, 1.54) is 49.2 Å². The molecule has 1 aromatic carbocycles. The van der Waals surface area contributed by atoms with Crippen LogP contribution in [0.15, 0.2) is 29.6 Å². The van der Waals surface area contributed by atoms with Gasteiger partial charge in [0.15, 0.2) is 0 Å². The fraction of sp³-hybridized carbons (Fsp3) is 0.421. The summed E-state index contributed by atoms with van der Waals surface area (Å²) >= 11 is 1.40. The highest BCUT2D eigenvalue weighted by molar-refractivity contribution is 7.13. The summed E-state index contributed by atoms with van der Waals surface area (Å²) in [5.74, 6) is -0.115. The molecule has 1 heterocycles. The van der Waals surface area contributed by atoms with E-state index in [2.05, 4.69) is 15.8 Å². The molecule has 1 aliphatic rings. The molecule has 0 bridgehead atoms. The van der Waals surface area contributed by atoms with Gasteiger partial charge in [0, 0.05) is 17.4 Å². The molecule has 0 spiro atoms. The molecule has 0 unspecified atom stereocenters. The predicted octanol–water partition coefficient (Wildman–Crippen LogP) is 3.61. The lowest BCUT2D eigenvalue weighted by atomic mass is 10.0. The zero-order chi connectivity index (χ0) is 18.4. The number of hydrazine groups is 1. The Morgan fingerprint density at radius 1 is 1.12 bits per heavy atom. The van der Waals surface area contributed by atoms with E-state index < -0.39 is 0 Å². The molecule has 0 saturated heterocycles. The van der Waals surface area contributed by atoms with Crippen LogP contribution in [-0.4, -0.2) is 16.8 Å².